The van der Waals surface area contributed by atoms with Crippen LogP contribution < -0.4 is 9.62 Å². The van der Waals surface area contributed by atoms with Crippen LogP contribution >= 0.6 is 23.4 Å². The summed E-state index contributed by atoms with van der Waals surface area (Å²) in [5, 5.41) is 0.765. The Balaban J connectivity index is 1.88. The van der Waals surface area contributed by atoms with Crippen molar-refractivity contribution in [2.45, 2.75) is 35.4 Å². The number of hydrogen-bond acceptors (Lipinski definition) is 4. The number of fused-ring (bicyclic) bond motifs is 1. The van der Waals surface area contributed by atoms with Crippen LogP contribution in [0, 0.1) is 0 Å². The van der Waals surface area contributed by atoms with Crippen molar-refractivity contribution in [1.29, 1.82) is 0 Å². The van der Waals surface area contributed by atoms with E-state index in [1.165, 1.54) is 6.92 Å². The average Bonchev–Trinajstić information content (AvgIpc) is 2.59. The predicted molar refractivity (Wildman–Crippen MR) is 105 cm³/mol. The Hall–Kier alpha value is -1.54. The standard InChI is InChI=1S/C18H19ClN2O3S2/c1-12-11-21(13(2)22)17-9-15(7-8-18(17)25-12)26(23,24)20-10-14-5-3-4-6-16(14)19/h3-9,12,20H,10-11H2,1-2H3/t12-/m0/s1. The third-order valence-electron chi connectivity index (χ3n) is 4.09. The van der Waals surface area contributed by atoms with Crippen molar-refractivity contribution < 1.29 is 13.2 Å². The van der Waals surface area contributed by atoms with E-state index in [1.54, 1.807) is 59.1 Å². The molecule has 0 fully saturated rings. The van der Waals surface area contributed by atoms with Gasteiger partial charge in [-0.3, -0.25) is 4.79 Å². The largest absolute Gasteiger partial charge is 0.310 e. The molecule has 0 aromatic heterocycles. The number of hydrogen-bond donors (Lipinski definition) is 1. The maximum Gasteiger partial charge on any atom is 0.240 e. The Morgan fingerprint density at radius 1 is 1.31 bits per heavy atom. The summed E-state index contributed by atoms with van der Waals surface area (Å²) < 4.78 is 27.9. The minimum atomic E-state index is -3.73. The first-order valence-corrected chi connectivity index (χ1v) is 10.8. The number of thioether (sulfide) groups is 1. The summed E-state index contributed by atoms with van der Waals surface area (Å²) in [7, 11) is -3.73. The van der Waals surface area contributed by atoms with Gasteiger partial charge in [0.15, 0.2) is 0 Å². The molecule has 1 N–H and O–H groups in total. The van der Waals surface area contributed by atoms with Crippen LogP contribution in [0.15, 0.2) is 52.3 Å². The van der Waals surface area contributed by atoms with Gasteiger partial charge in [-0.05, 0) is 29.8 Å². The lowest BCUT2D eigenvalue weighted by molar-refractivity contribution is -0.116. The molecule has 0 aliphatic carbocycles. The number of amides is 1. The number of carbonyl (C=O) groups excluding carboxylic acids is 1. The molecule has 0 bridgehead atoms. The molecule has 3 rings (SSSR count). The molecular formula is C18H19ClN2O3S2. The fraction of sp³-hybridized carbons (Fsp3) is 0.278. The van der Waals surface area contributed by atoms with Gasteiger partial charge >= 0.3 is 0 Å². The van der Waals surface area contributed by atoms with Crippen molar-refractivity contribution in [2.24, 2.45) is 0 Å². The van der Waals surface area contributed by atoms with Crippen molar-refractivity contribution >= 4 is 45.0 Å². The molecule has 1 heterocycles. The number of benzene rings is 2. The molecule has 26 heavy (non-hydrogen) atoms. The first kappa shape index (κ1) is 19.2. The zero-order valence-corrected chi connectivity index (χ0v) is 16.8. The quantitative estimate of drug-likeness (QED) is 0.835. The van der Waals surface area contributed by atoms with Crippen LogP contribution in [0.3, 0.4) is 0 Å². The molecule has 0 saturated heterocycles. The SMILES string of the molecule is CC(=O)N1C[C@H](C)Sc2ccc(S(=O)(=O)NCc3ccccc3Cl)cc21. The second-order valence-electron chi connectivity index (χ2n) is 6.10. The predicted octanol–water partition coefficient (Wildman–Crippen LogP) is 3.67. The van der Waals surface area contributed by atoms with Gasteiger partial charge in [0.25, 0.3) is 0 Å². The molecule has 1 aliphatic heterocycles. The Bertz CT molecular complexity index is 947. The second-order valence-corrected chi connectivity index (χ2v) is 9.76. The van der Waals surface area contributed by atoms with E-state index >= 15 is 0 Å². The molecule has 0 radical (unpaired) electrons. The van der Waals surface area contributed by atoms with Crippen LogP contribution in [-0.2, 0) is 21.4 Å². The number of rotatable bonds is 4. The van der Waals surface area contributed by atoms with E-state index in [1.807, 2.05) is 6.92 Å². The smallest absolute Gasteiger partial charge is 0.240 e. The molecule has 1 amide bonds. The highest BCUT2D eigenvalue weighted by Gasteiger charge is 2.27. The number of nitrogens with zero attached hydrogens (tertiary/aromatic N) is 1. The third-order valence-corrected chi connectivity index (χ3v) is 7.01. The Kier molecular flexibility index (Phi) is 5.62. The van der Waals surface area contributed by atoms with E-state index in [9.17, 15) is 13.2 Å². The van der Waals surface area contributed by atoms with Crippen molar-refractivity contribution in [3.8, 4) is 0 Å². The summed E-state index contributed by atoms with van der Waals surface area (Å²) in [6.45, 7) is 4.19. The monoisotopic (exact) mass is 410 g/mol. The number of nitrogens with one attached hydrogen (secondary N) is 1. The van der Waals surface area contributed by atoms with Crippen LogP contribution in [0.4, 0.5) is 5.69 Å². The van der Waals surface area contributed by atoms with E-state index in [2.05, 4.69) is 4.72 Å². The lowest BCUT2D eigenvalue weighted by Gasteiger charge is -2.32. The van der Waals surface area contributed by atoms with Crippen molar-refractivity contribution in [3.05, 3.63) is 53.1 Å². The maximum absolute atomic E-state index is 12.7. The fourth-order valence-electron chi connectivity index (χ4n) is 2.78. The topological polar surface area (TPSA) is 66.5 Å². The van der Waals surface area contributed by atoms with E-state index in [0.29, 0.717) is 22.8 Å². The van der Waals surface area contributed by atoms with E-state index in [0.717, 1.165) is 4.90 Å². The average molecular weight is 411 g/mol. The van der Waals surface area contributed by atoms with Gasteiger partial charge < -0.3 is 4.90 Å². The Labute approximate surface area is 162 Å². The van der Waals surface area contributed by atoms with Gasteiger partial charge in [-0.2, -0.15) is 0 Å². The van der Waals surface area contributed by atoms with Crippen LogP contribution in [-0.4, -0.2) is 26.1 Å². The number of halogens is 1. The molecule has 0 spiro atoms. The minimum absolute atomic E-state index is 0.0985. The summed E-state index contributed by atoms with van der Waals surface area (Å²) in [6, 6.07) is 12.0. The number of anilines is 1. The van der Waals surface area contributed by atoms with Crippen molar-refractivity contribution in [1.82, 2.24) is 4.72 Å². The lowest BCUT2D eigenvalue weighted by atomic mass is 10.2. The van der Waals surface area contributed by atoms with Gasteiger partial charge in [-0.1, -0.05) is 36.7 Å². The molecule has 1 atom stereocenters. The van der Waals surface area contributed by atoms with Crippen LogP contribution in [0.5, 0.6) is 0 Å². The fourth-order valence-corrected chi connectivity index (χ4v) is 5.10. The highest BCUT2D eigenvalue weighted by molar-refractivity contribution is 8.00. The highest BCUT2D eigenvalue weighted by Crippen LogP contribution is 2.39. The number of sulfonamides is 1. The molecule has 138 valence electrons. The van der Waals surface area contributed by atoms with Gasteiger partial charge in [0.1, 0.15) is 0 Å². The summed E-state index contributed by atoms with van der Waals surface area (Å²) in [5.41, 5.74) is 1.34. The van der Waals surface area contributed by atoms with Crippen LogP contribution in [0.2, 0.25) is 5.02 Å². The molecule has 0 unspecified atom stereocenters. The van der Waals surface area contributed by atoms with Gasteiger partial charge in [0, 0.05) is 35.2 Å². The zero-order valence-electron chi connectivity index (χ0n) is 14.4. The van der Waals surface area contributed by atoms with Gasteiger partial charge in [0.2, 0.25) is 15.9 Å². The highest BCUT2D eigenvalue weighted by atomic mass is 35.5. The molecule has 1 aliphatic rings. The summed E-state index contributed by atoms with van der Waals surface area (Å²) in [5.74, 6) is -0.100. The van der Waals surface area contributed by atoms with Gasteiger partial charge in [0.05, 0.1) is 10.6 Å². The minimum Gasteiger partial charge on any atom is -0.310 e. The molecule has 8 heteroatoms. The number of carbonyl (C=O) groups is 1. The first-order valence-electron chi connectivity index (χ1n) is 8.10. The van der Waals surface area contributed by atoms with Crippen LogP contribution in [0.1, 0.15) is 19.4 Å². The first-order chi connectivity index (χ1) is 12.3. The molecule has 5 nitrogen and oxygen atoms in total. The van der Waals surface area contributed by atoms with E-state index in [4.69, 9.17) is 11.6 Å². The van der Waals surface area contributed by atoms with E-state index < -0.39 is 10.0 Å². The molecule has 0 saturated carbocycles. The van der Waals surface area contributed by atoms with Crippen LogP contribution in [0.25, 0.3) is 0 Å². The normalized spacial score (nSPS) is 17.0. The second kappa shape index (κ2) is 7.60. The van der Waals surface area contributed by atoms with E-state index in [-0.39, 0.29) is 22.6 Å². The summed E-state index contributed by atoms with van der Waals surface area (Å²) >= 11 is 7.72. The lowest BCUT2D eigenvalue weighted by Crippen LogP contribution is -2.37. The molecule has 2 aromatic carbocycles. The van der Waals surface area contributed by atoms with Gasteiger partial charge in [-0.25, -0.2) is 13.1 Å². The third kappa shape index (κ3) is 4.06. The van der Waals surface area contributed by atoms with Gasteiger partial charge in [-0.15, -0.1) is 11.8 Å². The van der Waals surface area contributed by atoms with Crippen molar-refractivity contribution in [2.75, 3.05) is 11.4 Å². The molecule has 2 aromatic rings. The molecular weight excluding hydrogens is 392 g/mol. The maximum atomic E-state index is 12.7. The summed E-state index contributed by atoms with van der Waals surface area (Å²) in [4.78, 5) is 14.6. The summed E-state index contributed by atoms with van der Waals surface area (Å²) in [6.07, 6.45) is 0. The van der Waals surface area contributed by atoms with Crippen molar-refractivity contribution in [3.63, 3.8) is 0 Å². The zero-order chi connectivity index (χ0) is 18.9. The Morgan fingerprint density at radius 2 is 2.04 bits per heavy atom. The Morgan fingerprint density at radius 3 is 2.73 bits per heavy atom.